The lowest BCUT2D eigenvalue weighted by atomic mass is 10.0. The van der Waals surface area contributed by atoms with Gasteiger partial charge in [-0.2, -0.15) is 0 Å². The average Bonchev–Trinajstić information content (AvgIpc) is 3.35. The van der Waals surface area contributed by atoms with Crippen molar-refractivity contribution in [2.75, 3.05) is 18.4 Å². The number of benzene rings is 2. The lowest BCUT2D eigenvalue weighted by molar-refractivity contribution is -0.117. The van der Waals surface area contributed by atoms with Crippen LogP contribution in [0.2, 0.25) is 0 Å². The maximum absolute atomic E-state index is 12.7. The molecule has 0 bridgehead atoms. The van der Waals surface area contributed by atoms with Gasteiger partial charge in [-0.25, -0.2) is 10.9 Å². The van der Waals surface area contributed by atoms with Crippen molar-refractivity contribution in [1.82, 2.24) is 15.8 Å². The van der Waals surface area contributed by atoms with Crippen molar-refractivity contribution in [2.24, 2.45) is 0 Å². The number of amides is 1. The molecule has 2 aliphatic heterocycles. The summed E-state index contributed by atoms with van der Waals surface area (Å²) in [5.41, 5.74) is 11.0. The second-order valence-corrected chi connectivity index (χ2v) is 7.71. The molecule has 2 aromatic carbocycles. The number of nitrogens with one attached hydrogen (secondary N) is 3. The molecule has 27 heavy (non-hydrogen) atoms. The molecule has 2 atom stereocenters. The summed E-state index contributed by atoms with van der Waals surface area (Å²) < 4.78 is 0. The van der Waals surface area contributed by atoms with Crippen molar-refractivity contribution in [3.63, 3.8) is 0 Å². The van der Waals surface area contributed by atoms with Crippen molar-refractivity contribution in [3.8, 4) is 0 Å². The van der Waals surface area contributed by atoms with Crippen LogP contribution in [0.3, 0.4) is 0 Å². The molecule has 1 amide bonds. The van der Waals surface area contributed by atoms with Gasteiger partial charge in [0.2, 0.25) is 5.91 Å². The molecule has 2 aromatic rings. The van der Waals surface area contributed by atoms with Gasteiger partial charge in [-0.3, -0.25) is 9.69 Å². The number of anilines is 1. The van der Waals surface area contributed by atoms with Crippen molar-refractivity contribution in [3.05, 3.63) is 65.2 Å². The van der Waals surface area contributed by atoms with Crippen LogP contribution in [0.15, 0.2) is 48.5 Å². The third kappa shape index (κ3) is 4.56. The maximum atomic E-state index is 12.7. The third-order valence-corrected chi connectivity index (χ3v) is 5.50. The predicted molar refractivity (Wildman–Crippen MR) is 108 cm³/mol. The predicted octanol–water partition coefficient (Wildman–Crippen LogP) is 3.14. The highest BCUT2D eigenvalue weighted by Crippen LogP contribution is 2.23. The Morgan fingerprint density at radius 3 is 2.67 bits per heavy atom. The smallest absolute Gasteiger partial charge is 0.242 e. The van der Waals surface area contributed by atoms with E-state index in [0.717, 1.165) is 18.7 Å². The Kier molecular flexibility index (Phi) is 5.53. The summed E-state index contributed by atoms with van der Waals surface area (Å²) in [6.45, 7) is 5.39. The molecule has 2 heterocycles. The Morgan fingerprint density at radius 2 is 1.89 bits per heavy atom. The van der Waals surface area contributed by atoms with Crippen LogP contribution in [0.1, 0.15) is 42.0 Å². The third-order valence-electron chi connectivity index (χ3n) is 5.50. The van der Waals surface area contributed by atoms with Crippen LogP contribution < -0.4 is 16.2 Å². The Labute approximate surface area is 161 Å². The number of hydrogen-bond donors (Lipinski definition) is 3. The molecule has 142 valence electrons. The fourth-order valence-corrected chi connectivity index (χ4v) is 3.92. The summed E-state index contributed by atoms with van der Waals surface area (Å²) >= 11 is 0. The minimum Gasteiger partial charge on any atom is -0.325 e. The number of hydrazine groups is 1. The fraction of sp³-hybridized carbons (Fsp3) is 0.409. The first kappa shape index (κ1) is 18.2. The van der Waals surface area contributed by atoms with E-state index in [1.807, 2.05) is 12.1 Å². The molecule has 4 rings (SSSR count). The molecule has 2 aliphatic rings. The minimum absolute atomic E-state index is 0.00966. The molecule has 5 nitrogen and oxygen atoms in total. The molecule has 3 N–H and O–H groups in total. The summed E-state index contributed by atoms with van der Waals surface area (Å²) in [5, 5.41) is 3.07. The lowest BCUT2D eigenvalue weighted by Gasteiger charge is -2.16. The van der Waals surface area contributed by atoms with E-state index in [-0.39, 0.29) is 18.0 Å². The molecular formula is C22H28N4O. The second-order valence-electron chi connectivity index (χ2n) is 7.71. The molecule has 0 radical (unpaired) electrons. The van der Waals surface area contributed by atoms with Crippen LogP contribution in [-0.4, -0.2) is 29.9 Å². The number of aryl methyl sites for hydroxylation is 1. The van der Waals surface area contributed by atoms with Crippen molar-refractivity contribution >= 4 is 11.6 Å². The van der Waals surface area contributed by atoms with Crippen molar-refractivity contribution in [1.29, 1.82) is 0 Å². The van der Waals surface area contributed by atoms with Crippen LogP contribution in [0.4, 0.5) is 5.69 Å². The maximum Gasteiger partial charge on any atom is 0.242 e. The van der Waals surface area contributed by atoms with E-state index in [1.165, 1.54) is 42.6 Å². The van der Waals surface area contributed by atoms with E-state index < -0.39 is 0 Å². The Morgan fingerprint density at radius 1 is 1.11 bits per heavy atom. The number of carbonyl (C=O) groups is 1. The summed E-state index contributed by atoms with van der Waals surface area (Å²) in [5.74, 6) is 0.00966. The molecule has 0 saturated carbocycles. The zero-order chi connectivity index (χ0) is 18.6. The zero-order valence-electron chi connectivity index (χ0n) is 15.9. The van der Waals surface area contributed by atoms with Gasteiger partial charge in [-0.15, -0.1) is 0 Å². The highest BCUT2D eigenvalue weighted by Gasteiger charge is 2.30. The van der Waals surface area contributed by atoms with Gasteiger partial charge in [-0.1, -0.05) is 42.0 Å². The van der Waals surface area contributed by atoms with Gasteiger partial charge in [0.25, 0.3) is 0 Å². The van der Waals surface area contributed by atoms with Gasteiger partial charge in [0.05, 0.1) is 0 Å². The van der Waals surface area contributed by atoms with E-state index >= 15 is 0 Å². The lowest BCUT2D eigenvalue weighted by Crippen LogP contribution is -2.39. The van der Waals surface area contributed by atoms with Crippen molar-refractivity contribution < 1.29 is 4.79 Å². The summed E-state index contributed by atoms with van der Waals surface area (Å²) in [7, 11) is 0. The number of nitrogens with zero attached hydrogens (tertiary/aromatic N) is 1. The average molecular weight is 364 g/mol. The summed E-state index contributed by atoms with van der Waals surface area (Å²) in [6.07, 6.45) is 3.32. The van der Waals surface area contributed by atoms with E-state index in [0.29, 0.717) is 0 Å². The van der Waals surface area contributed by atoms with Crippen LogP contribution >= 0.6 is 0 Å². The van der Waals surface area contributed by atoms with Gasteiger partial charge in [0.15, 0.2) is 0 Å². The number of carbonyl (C=O) groups excluding carboxylic acids is 1. The van der Waals surface area contributed by atoms with Gasteiger partial charge < -0.3 is 5.32 Å². The Hall–Kier alpha value is -2.21. The first-order valence-corrected chi connectivity index (χ1v) is 9.87. The normalized spacial score (nSPS) is 22.9. The fourth-order valence-electron chi connectivity index (χ4n) is 3.92. The van der Waals surface area contributed by atoms with Gasteiger partial charge in [0.1, 0.15) is 6.04 Å². The quantitative estimate of drug-likeness (QED) is 0.763. The Balaban J connectivity index is 1.34. The molecule has 5 heteroatoms. The highest BCUT2D eigenvalue weighted by molar-refractivity contribution is 5.95. The minimum atomic E-state index is -0.237. The van der Waals surface area contributed by atoms with Crippen LogP contribution in [0.5, 0.6) is 0 Å². The number of hydrogen-bond acceptors (Lipinski definition) is 4. The molecule has 2 fully saturated rings. The second kappa shape index (κ2) is 8.21. The topological polar surface area (TPSA) is 56.4 Å². The van der Waals surface area contributed by atoms with Gasteiger partial charge in [0, 0.05) is 18.3 Å². The SMILES string of the molecule is Cc1ccc(C2CC(C(=O)Nc3cccc(CN4CCCC4)c3)NN2)cc1. The highest BCUT2D eigenvalue weighted by atomic mass is 16.2. The molecule has 0 aliphatic carbocycles. The Bertz CT molecular complexity index is 783. The van der Waals surface area contributed by atoms with Crippen LogP contribution in [-0.2, 0) is 11.3 Å². The van der Waals surface area contributed by atoms with E-state index in [1.54, 1.807) is 0 Å². The standard InChI is InChI=1S/C22H28N4O/c1-16-7-9-18(10-8-16)20-14-21(25-24-20)22(27)23-19-6-4-5-17(13-19)15-26-11-2-3-12-26/h4-10,13,20-21,24-25H,2-3,11-12,14-15H2,1H3,(H,23,27). The van der Waals surface area contributed by atoms with Gasteiger partial charge >= 0.3 is 0 Å². The van der Waals surface area contributed by atoms with E-state index in [4.69, 9.17) is 0 Å². The van der Waals surface area contributed by atoms with Crippen LogP contribution in [0, 0.1) is 6.92 Å². The van der Waals surface area contributed by atoms with E-state index in [2.05, 4.69) is 64.4 Å². The molecule has 2 unspecified atom stereocenters. The monoisotopic (exact) mass is 364 g/mol. The molecule has 0 spiro atoms. The van der Waals surface area contributed by atoms with Crippen molar-refractivity contribution in [2.45, 2.75) is 44.8 Å². The molecule has 0 aromatic heterocycles. The van der Waals surface area contributed by atoms with Crippen LogP contribution in [0.25, 0.3) is 0 Å². The van der Waals surface area contributed by atoms with Gasteiger partial charge in [-0.05, 0) is 62.5 Å². The summed E-state index contributed by atoms with van der Waals surface area (Å²) in [6, 6.07) is 16.6. The number of likely N-dealkylation sites (tertiary alicyclic amines) is 1. The number of rotatable bonds is 5. The summed E-state index contributed by atoms with van der Waals surface area (Å²) in [4.78, 5) is 15.1. The van der Waals surface area contributed by atoms with E-state index in [9.17, 15) is 4.79 Å². The first-order valence-electron chi connectivity index (χ1n) is 9.87. The molecular weight excluding hydrogens is 336 g/mol. The zero-order valence-corrected chi connectivity index (χ0v) is 15.9. The molecule has 2 saturated heterocycles. The first-order chi connectivity index (χ1) is 13.2. The largest absolute Gasteiger partial charge is 0.325 e.